The zero-order chi connectivity index (χ0) is 28.8. The minimum atomic E-state index is -0.496. The first-order chi connectivity index (χ1) is 21.2. The smallest absolute Gasteiger partial charge is 0.0714 e. The molecule has 0 aromatic heterocycles. The van der Waals surface area contributed by atoms with Gasteiger partial charge < -0.3 is 4.90 Å². The topological polar surface area (TPSA) is 3.24 Å². The van der Waals surface area contributed by atoms with Gasteiger partial charge in [0.25, 0.3) is 0 Å². The Labute approximate surface area is 257 Å². The molecule has 0 spiro atoms. The van der Waals surface area contributed by atoms with Gasteiger partial charge in [-0.25, -0.2) is 0 Å². The predicted octanol–water partition coefficient (Wildman–Crippen LogP) is 11.3. The van der Waals surface area contributed by atoms with Crippen molar-refractivity contribution >= 4 is 39.4 Å². The van der Waals surface area contributed by atoms with E-state index in [0.717, 1.165) is 17.1 Å². The van der Waals surface area contributed by atoms with E-state index in [2.05, 4.69) is 157 Å². The lowest BCUT2D eigenvalue weighted by Crippen LogP contribution is -2.28. The quantitative estimate of drug-likeness (QED) is 0.199. The highest BCUT2D eigenvalue weighted by Gasteiger charge is 2.47. The molecular weight excluding hydrogens is 542 g/mol. The van der Waals surface area contributed by atoms with E-state index < -0.39 is 5.41 Å². The number of para-hydroxylation sites is 1. The molecule has 0 N–H and O–H groups in total. The lowest BCUT2D eigenvalue weighted by atomic mass is 9.67. The number of hydrogen-bond acceptors (Lipinski definition) is 1. The van der Waals surface area contributed by atoms with Crippen LogP contribution in [0.15, 0.2) is 170 Å². The van der Waals surface area contributed by atoms with Crippen molar-refractivity contribution in [3.63, 3.8) is 0 Å². The van der Waals surface area contributed by atoms with Gasteiger partial charge in [0, 0.05) is 22.1 Å². The first kappa shape index (κ1) is 25.6. The third-order valence-corrected chi connectivity index (χ3v) is 9.00. The molecule has 0 amide bonds. The fourth-order valence-corrected chi connectivity index (χ4v) is 7.21. The molecule has 0 saturated carbocycles. The molecule has 0 atom stereocenters. The standard InChI is InChI=1S/C41H28ClN/c42-32-18-12-21-34(27-32)43(33-19-8-3-9-20-33)35-24-25-37-39(28-35)41(30-14-4-1-5-15-30,31-16-6-2-7-17-31)38-26-23-29-13-10-11-22-36(29)40(37)38/h1-28H. The summed E-state index contributed by atoms with van der Waals surface area (Å²) in [5, 5.41) is 3.23. The Morgan fingerprint density at radius 1 is 0.442 bits per heavy atom. The van der Waals surface area contributed by atoms with Crippen LogP contribution >= 0.6 is 11.6 Å². The summed E-state index contributed by atoms with van der Waals surface area (Å²) in [7, 11) is 0. The third kappa shape index (κ3) is 4.00. The van der Waals surface area contributed by atoms with E-state index >= 15 is 0 Å². The van der Waals surface area contributed by atoms with Gasteiger partial charge in [-0.1, -0.05) is 139 Å². The van der Waals surface area contributed by atoms with E-state index in [1.54, 1.807) is 0 Å². The van der Waals surface area contributed by atoms with E-state index in [4.69, 9.17) is 11.6 Å². The molecule has 43 heavy (non-hydrogen) atoms. The molecule has 0 aliphatic heterocycles. The summed E-state index contributed by atoms with van der Waals surface area (Å²) >= 11 is 6.55. The summed E-state index contributed by atoms with van der Waals surface area (Å²) in [6.07, 6.45) is 0. The fraction of sp³-hybridized carbons (Fsp3) is 0.0244. The molecule has 1 aliphatic carbocycles. The van der Waals surface area contributed by atoms with Crippen molar-refractivity contribution in [2.45, 2.75) is 5.41 Å². The lowest BCUT2D eigenvalue weighted by Gasteiger charge is -2.35. The Kier molecular flexibility index (Phi) is 6.14. The van der Waals surface area contributed by atoms with Crippen LogP contribution in [-0.2, 0) is 5.41 Å². The zero-order valence-electron chi connectivity index (χ0n) is 23.5. The van der Waals surface area contributed by atoms with Gasteiger partial charge in [-0.3, -0.25) is 0 Å². The first-order valence-corrected chi connectivity index (χ1v) is 15.0. The van der Waals surface area contributed by atoms with Gasteiger partial charge in [-0.05, 0) is 86.6 Å². The Morgan fingerprint density at radius 2 is 1.05 bits per heavy atom. The fourth-order valence-electron chi connectivity index (χ4n) is 7.02. The maximum absolute atomic E-state index is 6.55. The van der Waals surface area contributed by atoms with Crippen molar-refractivity contribution in [1.82, 2.24) is 0 Å². The van der Waals surface area contributed by atoms with Gasteiger partial charge in [0.05, 0.1) is 5.41 Å². The van der Waals surface area contributed by atoms with Crippen molar-refractivity contribution in [3.05, 3.63) is 197 Å². The van der Waals surface area contributed by atoms with Gasteiger partial charge >= 0.3 is 0 Å². The van der Waals surface area contributed by atoms with E-state index in [0.29, 0.717) is 5.02 Å². The molecule has 2 heteroatoms. The van der Waals surface area contributed by atoms with Crippen molar-refractivity contribution in [3.8, 4) is 11.1 Å². The van der Waals surface area contributed by atoms with E-state index in [9.17, 15) is 0 Å². The Balaban J connectivity index is 1.49. The number of hydrogen-bond donors (Lipinski definition) is 0. The lowest BCUT2D eigenvalue weighted by molar-refractivity contribution is 0.769. The molecule has 0 saturated heterocycles. The first-order valence-electron chi connectivity index (χ1n) is 14.6. The zero-order valence-corrected chi connectivity index (χ0v) is 24.2. The molecule has 0 unspecified atom stereocenters. The van der Waals surface area contributed by atoms with Crippen LogP contribution in [0.3, 0.4) is 0 Å². The SMILES string of the molecule is Clc1cccc(N(c2ccccc2)c2ccc3c(c2)C(c2ccccc2)(c2ccccc2)c2ccc4ccccc4c2-3)c1. The van der Waals surface area contributed by atoms with Crippen LogP contribution in [0.5, 0.6) is 0 Å². The largest absolute Gasteiger partial charge is 0.310 e. The highest BCUT2D eigenvalue weighted by atomic mass is 35.5. The van der Waals surface area contributed by atoms with Crippen LogP contribution in [-0.4, -0.2) is 0 Å². The molecule has 7 aromatic carbocycles. The van der Waals surface area contributed by atoms with Crippen molar-refractivity contribution in [2.75, 3.05) is 4.90 Å². The molecule has 0 heterocycles. The van der Waals surface area contributed by atoms with Crippen LogP contribution in [0.2, 0.25) is 5.02 Å². The summed E-state index contributed by atoms with van der Waals surface area (Å²) in [6, 6.07) is 60.9. The molecule has 204 valence electrons. The maximum Gasteiger partial charge on any atom is 0.0714 e. The Morgan fingerprint density at radius 3 is 1.74 bits per heavy atom. The van der Waals surface area contributed by atoms with Gasteiger partial charge in [0.1, 0.15) is 0 Å². The maximum atomic E-state index is 6.55. The third-order valence-electron chi connectivity index (χ3n) is 8.76. The van der Waals surface area contributed by atoms with E-state index in [-0.39, 0.29) is 0 Å². The second kappa shape index (κ2) is 10.3. The number of rotatable bonds is 5. The summed E-state index contributed by atoms with van der Waals surface area (Å²) in [5.74, 6) is 0. The van der Waals surface area contributed by atoms with Crippen LogP contribution in [0, 0.1) is 0 Å². The predicted molar refractivity (Wildman–Crippen MR) is 181 cm³/mol. The van der Waals surface area contributed by atoms with Gasteiger partial charge in [-0.2, -0.15) is 0 Å². The van der Waals surface area contributed by atoms with E-state index in [1.807, 2.05) is 18.2 Å². The van der Waals surface area contributed by atoms with Crippen molar-refractivity contribution in [2.24, 2.45) is 0 Å². The van der Waals surface area contributed by atoms with Crippen LogP contribution < -0.4 is 4.90 Å². The minimum Gasteiger partial charge on any atom is -0.310 e. The summed E-state index contributed by atoms with van der Waals surface area (Å²) in [4.78, 5) is 2.30. The number of halogens is 1. The Hall–Kier alpha value is -5.11. The highest BCUT2D eigenvalue weighted by molar-refractivity contribution is 6.30. The monoisotopic (exact) mass is 569 g/mol. The minimum absolute atomic E-state index is 0.496. The van der Waals surface area contributed by atoms with Gasteiger partial charge in [0.15, 0.2) is 0 Å². The normalized spacial score (nSPS) is 13.0. The molecule has 1 nitrogen and oxygen atoms in total. The molecule has 7 aromatic rings. The molecule has 1 aliphatic rings. The van der Waals surface area contributed by atoms with Crippen LogP contribution in [0.4, 0.5) is 17.1 Å². The van der Waals surface area contributed by atoms with Crippen molar-refractivity contribution in [1.29, 1.82) is 0 Å². The molecule has 8 rings (SSSR count). The second-order valence-electron chi connectivity index (χ2n) is 11.1. The number of nitrogens with zero attached hydrogens (tertiary/aromatic N) is 1. The number of anilines is 3. The molecule has 0 radical (unpaired) electrons. The van der Waals surface area contributed by atoms with Gasteiger partial charge in [-0.15, -0.1) is 0 Å². The Bertz CT molecular complexity index is 2050. The summed E-state index contributed by atoms with van der Waals surface area (Å²) in [5.41, 5.74) is 10.3. The van der Waals surface area contributed by atoms with Gasteiger partial charge in [0.2, 0.25) is 0 Å². The average molecular weight is 570 g/mol. The highest BCUT2D eigenvalue weighted by Crippen LogP contribution is 2.58. The van der Waals surface area contributed by atoms with Crippen molar-refractivity contribution < 1.29 is 0 Å². The summed E-state index contributed by atoms with van der Waals surface area (Å²) in [6.45, 7) is 0. The second-order valence-corrected chi connectivity index (χ2v) is 11.5. The van der Waals surface area contributed by atoms with Crippen LogP contribution in [0.25, 0.3) is 21.9 Å². The molecular formula is C41H28ClN. The van der Waals surface area contributed by atoms with Crippen LogP contribution in [0.1, 0.15) is 22.3 Å². The molecule has 0 bridgehead atoms. The average Bonchev–Trinajstić information content (AvgIpc) is 3.37. The number of fused-ring (bicyclic) bond motifs is 5. The van der Waals surface area contributed by atoms with E-state index in [1.165, 1.54) is 44.2 Å². The number of benzene rings is 7. The molecule has 0 fully saturated rings. The summed E-state index contributed by atoms with van der Waals surface area (Å²) < 4.78 is 0.